The third-order valence-corrected chi connectivity index (χ3v) is 5.80. The molecule has 0 aromatic heterocycles. The fraction of sp³-hybridized carbons (Fsp3) is 0.800. The van der Waals surface area contributed by atoms with Crippen molar-refractivity contribution < 1.29 is 9.90 Å². The van der Waals surface area contributed by atoms with Gasteiger partial charge in [-0.15, -0.1) is 0 Å². The second-order valence-corrected chi connectivity index (χ2v) is 6.62. The Morgan fingerprint density at radius 2 is 2.06 bits per heavy atom. The quantitative estimate of drug-likeness (QED) is 0.760. The first-order valence-electron chi connectivity index (χ1n) is 6.66. The number of fused-ring (bicyclic) bond motifs is 1. The predicted octanol–water partition coefficient (Wildman–Crippen LogP) is 2.96. The molecule has 0 spiro atoms. The Bertz CT molecular complexity index is 371. The zero-order valence-electron chi connectivity index (χ0n) is 11.4. The number of rotatable bonds is 1. The van der Waals surface area contributed by atoms with E-state index in [1.54, 1.807) is 0 Å². The molecule has 2 nitrogen and oxygen atoms in total. The van der Waals surface area contributed by atoms with Crippen LogP contribution in [0.1, 0.15) is 47.0 Å². The van der Waals surface area contributed by atoms with Crippen molar-refractivity contribution in [1.29, 1.82) is 0 Å². The third-order valence-electron chi connectivity index (χ3n) is 5.80. The van der Waals surface area contributed by atoms with E-state index in [2.05, 4.69) is 27.7 Å². The average Bonchev–Trinajstić information content (AvgIpc) is 2.28. The molecule has 0 heterocycles. The summed E-state index contributed by atoms with van der Waals surface area (Å²) in [5, 5.41) is 9.63. The number of allylic oxidation sites excluding steroid dienone is 2. The number of hydrogen-bond acceptors (Lipinski definition) is 2. The maximum Gasteiger partial charge on any atom is 0.155 e. The summed E-state index contributed by atoms with van der Waals surface area (Å²) in [7, 11) is 0. The summed E-state index contributed by atoms with van der Waals surface area (Å²) in [6.45, 7) is 9.00. The van der Waals surface area contributed by atoms with Crippen LogP contribution in [0.4, 0.5) is 0 Å². The second-order valence-electron chi connectivity index (χ2n) is 6.62. The number of carbonyl (C=O) groups excluding carboxylic acids is 1. The molecule has 0 aromatic carbocycles. The maximum absolute atomic E-state index is 11.8. The molecule has 0 bridgehead atoms. The standard InChI is InChI=1S/C15H24O2/c1-10-7-12(17)8-13-11(2)14(3,9-16)5-6-15(10,13)4/h7,11,13,16H,5-6,8-9H2,1-4H3/t11-,13+,14-,15-/m1/s1. The molecule has 0 saturated heterocycles. The van der Waals surface area contributed by atoms with Gasteiger partial charge in [0.2, 0.25) is 0 Å². The van der Waals surface area contributed by atoms with Crippen molar-refractivity contribution in [2.45, 2.75) is 47.0 Å². The molecular formula is C15H24O2. The van der Waals surface area contributed by atoms with Crippen LogP contribution in [0, 0.1) is 22.7 Å². The fourth-order valence-electron chi connectivity index (χ4n) is 3.79. The van der Waals surface area contributed by atoms with Gasteiger partial charge in [-0.2, -0.15) is 0 Å². The summed E-state index contributed by atoms with van der Waals surface area (Å²) in [6, 6.07) is 0. The van der Waals surface area contributed by atoms with Crippen LogP contribution in [0.3, 0.4) is 0 Å². The lowest BCUT2D eigenvalue weighted by Crippen LogP contribution is -2.49. The minimum absolute atomic E-state index is 0.0118. The molecule has 2 aliphatic rings. The van der Waals surface area contributed by atoms with Crippen LogP contribution in [-0.4, -0.2) is 17.5 Å². The molecule has 2 rings (SSSR count). The summed E-state index contributed by atoms with van der Waals surface area (Å²) >= 11 is 0. The Morgan fingerprint density at radius 3 is 2.65 bits per heavy atom. The second kappa shape index (κ2) is 3.94. The molecule has 0 amide bonds. The third kappa shape index (κ3) is 1.77. The smallest absolute Gasteiger partial charge is 0.155 e. The first-order chi connectivity index (χ1) is 7.83. The van der Waals surface area contributed by atoms with Gasteiger partial charge < -0.3 is 5.11 Å². The van der Waals surface area contributed by atoms with Gasteiger partial charge in [0, 0.05) is 13.0 Å². The van der Waals surface area contributed by atoms with Crippen LogP contribution in [0.2, 0.25) is 0 Å². The van der Waals surface area contributed by atoms with Crippen molar-refractivity contribution in [2.75, 3.05) is 6.61 Å². The van der Waals surface area contributed by atoms with Crippen LogP contribution in [0.25, 0.3) is 0 Å². The maximum atomic E-state index is 11.8. The van der Waals surface area contributed by atoms with E-state index in [-0.39, 0.29) is 23.2 Å². The number of aliphatic hydroxyl groups excluding tert-OH is 1. The lowest BCUT2D eigenvalue weighted by atomic mass is 9.50. The average molecular weight is 236 g/mol. The largest absolute Gasteiger partial charge is 0.396 e. The van der Waals surface area contributed by atoms with Crippen molar-refractivity contribution >= 4 is 5.78 Å². The SMILES string of the molecule is CC1=CC(=O)C[C@H]2[C@@H](C)[C@@](C)(CO)CC[C@]12C. The Labute approximate surface area is 104 Å². The molecule has 96 valence electrons. The Kier molecular flexibility index (Phi) is 2.97. The summed E-state index contributed by atoms with van der Waals surface area (Å²) in [5.74, 6) is 1.06. The van der Waals surface area contributed by atoms with E-state index in [0.29, 0.717) is 18.3 Å². The fourth-order valence-corrected chi connectivity index (χ4v) is 3.79. The highest BCUT2D eigenvalue weighted by Crippen LogP contribution is 2.57. The first kappa shape index (κ1) is 12.8. The predicted molar refractivity (Wildman–Crippen MR) is 68.6 cm³/mol. The summed E-state index contributed by atoms with van der Waals surface area (Å²) < 4.78 is 0. The number of carbonyl (C=O) groups is 1. The molecule has 0 unspecified atom stereocenters. The molecule has 2 aliphatic carbocycles. The van der Waals surface area contributed by atoms with E-state index in [1.165, 1.54) is 5.57 Å². The van der Waals surface area contributed by atoms with Gasteiger partial charge in [0.1, 0.15) is 0 Å². The molecule has 1 saturated carbocycles. The van der Waals surface area contributed by atoms with E-state index < -0.39 is 0 Å². The highest BCUT2D eigenvalue weighted by Gasteiger charge is 2.51. The summed E-state index contributed by atoms with van der Waals surface area (Å²) in [5.41, 5.74) is 1.40. The highest BCUT2D eigenvalue weighted by molar-refractivity contribution is 5.91. The van der Waals surface area contributed by atoms with Crippen molar-refractivity contribution in [3.63, 3.8) is 0 Å². The van der Waals surface area contributed by atoms with Gasteiger partial charge in [-0.05, 0) is 48.5 Å². The molecule has 17 heavy (non-hydrogen) atoms. The van der Waals surface area contributed by atoms with Gasteiger partial charge in [0.25, 0.3) is 0 Å². The normalized spacial score (nSPS) is 46.4. The minimum atomic E-state index is -0.0118. The van der Waals surface area contributed by atoms with Gasteiger partial charge >= 0.3 is 0 Å². The Morgan fingerprint density at radius 1 is 1.41 bits per heavy atom. The van der Waals surface area contributed by atoms with E-state index in [0.717, 1.165) is 12.8 Å². The number of ketones is 1. The van der Waals surface area contributed by atoms with Gasteiger partial charge in [-0.1, -0.05) is 26.3 Å². The molecule has 2 heteroatoms. The van der Waals surface area contributed by atoms with Crippen LogP contribution >= 0.6 is 0 Å². The number of aliphatic hydroxyl groups is 1. The van der Waals surface area contributed by atoms with Gasteiger partial charge in [-0.3, -0.25) is 4.79 Å². The molecule has 1 fully saturated rings. The molecule has 4 atom stereocenters. The van der Waals surface area contributed by atoms with Crippen molar-refractivity contribution in [1.82, 2.24) is 0 Å². The minimum Gasteiger partial charge on any atom is -0.396 e. The van der Waals surface area contributed by atoms with Crippen LogP contribution in [-0.2, 0) is 4.79 Å². The van der Waals surface area contributed by atoms with Crippen LogP contribution in [0.5, 0.6) is 0 Å². The van der Waals surface area contributed by atoms with Gasteiger partial charge in [0.15, 0.2) is 5.78 Å². The van der Waals surface area contributed by atoms with Crippen molar-refractivity contribution in [3.05, 3.63) is 11.6 Å². The summed E-state index contributed by atoms with van der Waals surface area (Å²) in [6.07, 6.45) is 4.64. The number of hydrogen-bond donors (Lipinski definition) is 1. The van der Waals surface area contributed by atoms with Crippen molar-refractivity contribution in [2.24, 2.45) is 22.7 Å². The molecule has 0 aliphatic heterocycles. The lowest BCUT2D eigenvalue weighted by Gasteiger charge is -2.55. The van der Waals surface area contributed by atoms with Crippen molar-refractivity contribution in [3.8, 4) is 0 Å². The molecule has 0 radical (unpaired) electrons. The van der Waals surface area contributed by atoms with E-state index in [1.807, 2.05) is 6.08 Å². The van der Waals surface area contributed by atoms with E-state index >= 15 is 0 Å². The first-order valence-corrected chi connectivity index (χ1v) is 6.66. The van der Waals surface area contributed by atoms with Crippen LogP contribution in [0.15, 0.2) is 11.6 Å². The Hall–Kier alpha value is -0.630. The zero-order valence-corrected chi connectivity index (χ0v) is 11.4. The molecule has 1 N–H and O–H groups in total. The summed E-state index contributed by atoms with van der Waals surface area (Å²) in [4.78, 5) is 11.8. The van der Waals surface area contributed by atoms with E-state index in [4.69, 9.17) is 0 Å². The topological polar surface area (TPSA) is 37.3 Å². The Balaban J connectivity index is 2.38. The zero-order chi connectivity index (χ0) is 12.8. The van der Waals surface area contributed by atoms with Gasteiger partial charge in [0.05, 0.1) is 0 Å². The highest BCUT2D eigenvalue weighted by atomic mass is 16.3. The van der Waals surface area contributed by atoms with Gasteiger partial charge in [-0.25, -0.2) is 0 Å². The molecular weight excluding hydrogens is 212 g/mol. The van der Waals surface area contributed by atoms with Crippen LogP contribution < -0.4 is 0 Å². The lowest BCUT2D eigenvalue weighted by molar-refractivity contribution is -0.122. The monoisotopic (exact) mass is 236 g/mol. The van der Waals surface area contributed by atoms with E-state index in [9.17, 15) is 9.90 Å². The molecule has 0 aromatic rings.